The van der Waals surface area contributed by atoms with Gasteiger partial charge in [0.15, 0.2) is 17.5 Å². The van der Waals surface area contributed by atoms with E-state index in [1.165, 1.54) is 12.1 Å². The molecule has 0 aromatic heterocycles. The summed E-state index contributed by atoms with van der Waals surface area (Å²) in [5.74, 6) is -3.95. The maximum absolute atomic E-state index is 13.0. The van der Waals surface area contributed by atoms with Crippen molar-refractivity contribution >= 4 is 0 Å². The van der Waals surface area contributed by atoms with Gasteiger partial charge in [0, 0.05) is 0 Å². The highest BCUT2D eigenvalue weighted by Gasteiger charge is 2.11. The SMILES string of the molecule is N#Cc1ccc(-c2cc(F)c(F)c(F)c2)cc1. The van der Waals surface area contributed by atoms with E-state index < -0.39 is 17.5 Å². The summed E-state index contributed by atoms with van der Waals surface area (Å²) >= 11 is 0. The van der Waals surface area contributed by atoms with Crippen LogP contribution in [0.25, 0.3) is 11.1 Å². The Morgan fingerprint density at radius 1 is 0.824 bits per heavy atom. The van der Waals surface area contributed by atoms with Crippen molar-refractivity contribution in [2.45, 2.75) is 0 Å². The molecule has 0 amide bonds. The Labute approximate surface area is 95.7 Å². The molecule has 0 radical (unpaired) electrons. The van der Waals surface area contributed by atoms with E-state index >= 15 is 0 Å². The van der Waals surface area contributed by atoms with Crippen LogP contribution in [0.4, 0.5) is 13.2 Å². The van der Waals surface area contributed by atoms with E-state index in [1.54, 1.807) is 12.1 Å². The number of rotatable bonds is 1. The molecule has 4 heteroatoms. The summed E-state index contributed by atoms with van der Waals surface area (Å²) in [7, 11) is 0. The molecular formula is C13H6F3N. The highest BCUT2D eigenvalue weighted by Crippen LogP contribution is 2.23. The van der Waals surface area contributed by atoms with Crippen molar-refractivity contribution in [3.8, 4) is 17.2 Å². The van der Waals surface area contributed by atoms with E-state index in [2.05, 4.69) is 0 Å². The van der Waals surface area contributed by atoms with Crippen molar-refractivity contribution in [2.24, 2.45) is 0 Å². The smallest absolute Gasteiger partial charge is 0.194 e. The predicted octanol–water partition coefficient (Wildman–Crippen LogP) is 3.64. The first-order valence-corrected chi connectivity index (χ1v) is 4.77. The van der Waals surface area contributed by atoms with Crippen molar-refractivity contribution in [2.75, 3.05) is 0 Å². The third kappa shape index (κ3) is 2.13. The molecular weight excluding hydrogens is 227 g/mol. The van der Waals surface area contributed by atoms with Gasteiger partial charge in [0.1, 0.15) is 0 Å². The molecule has 2 aromatic carbocycles. The van der Waals surface area contributed by atoms with Gasteiger partial charge in [0.05, 0.1) is 11.6 Å². The Hall–Kier alpha value is -2.28. The lowest BCUT2D eigenvalue weighted by Crippen LogP contribution is -1.91. The maximum Gasteiger partial charge on any atom is 0.194 e. The van der Waals surface area contributed by atoms with Crippen LogP contribution in [0.2, 0.25) is 0 Å². The van der Waals surface area contributed by atoms with E-state index in [4.69, 9.17) is 5.26 Å². The third-order valence-electron chi connectivity index (χ3n) is 2.33. The summed E-state index contributed by atoms with van der Waals surface area (Å²) in [5, 5.41) is 8.60. The van der Waals surface area contributed by atoms with E-state index in [-0.39, 0.29) is 5.56 Å². The van der Waals surface area contributed by atoms with Crippen LogP contribution in [0.5, 0.6) is 0 Å². The van der Waals surface area contributed by atoms with E-state index in [9.17, 15) is 13.2 Å². The van der Waals surface area contributed by atoms with Gasteiger partial charge in [-0.05, 0) is 35.4 Å². The number of halogens is 3. The van der Waals surface area contributed by atoms with Crippen molar-refractivity contribution in [1.82, 2.24) is 0 Å². The standard InChI is InChI=1S/C13H6F3N/c14-11-5-10(6-12(15)13(11)16)9-3-1-8(7-17)2-4-9/h1-6H. The molecule has 0 bridgehead atoms. The number of nitrogens with zero attached hydrogens (tertiary/aromatic N) is 1. The second-order valence-electron chi connectivity index (χ2n) is 3.44. The second kappa shape index (κ2) is 4.30. The fourth-order valence-electron chi connectivity index (χ4n) is 1.46. The van der Waals surface area contributed by atoms with E-state index in [0.717, 1.165) is 12.1 Å². The van der Waals surface area contributed by atoms with Crippen LogP contribution in [0.3, 0.4) is 0 Å². The summed E-state index contributed by atoms with van der Waals surface area (Å²) in [6, 6.07) is 9.90. The van der Waals surface area contributed by atoms with Crippen molar-refractivity contribution in [3.05, 3.63) is 59.4 Å². The Morgan fingerprint density at radius 3 is 1.82 bits per heavy atom. The van der Waals surface area contributed by atoms with Crippen LogP contribution in [0.1, 0.15) is 5.56 Å². The summed E-state index contributed by atoms with van der Waals surface area (Å²) in [4.78, 5) is 0. The minimum absolute atomic E-state index is 0.228. The average molecular weight is 233 g/mol. The number of benzene rings is 2. The Kier molecular flexibility index (Phi) is 2.84. The van der Waals surface area contributed by atoms with E-state index in [1.807, 2.05) is 6.07 Å². The number of hydrogen-bond donors (Lipinski definition) is 0. The summed E-state index contributed by atoms with van der Waals surface area (Å²) in [6.07, 6.45) is 0. The van der Waals surface area contributed by atoms with Gasteiger partial charge in [-0.15, -0.1) is 0 Å². The molecule has 0 N–H and O–H groups in total. The fraction of sp³-hybridized carbons (Fsp3) is 0. The normalized spacial score (nSPS) is 10.0. The van der Waals surface area contributed by atoms with Crippen LogP contribution in [-0.4, -0.2) is 0 Å². The number of nitriles is 1. The first-order valence-electron chi connectivity index (χ1n) is 4.77. The van der Waals surface area contributed by atoms with Gasteiger partial charge in [0.25, 0.3) is 0 Å². The zero-order valence-corrected chi connectivity index (χ0v) is 8.55. The first kappa shape index (κ1) is 11.2. The third-order valence-corrected chi connectivity index (χ3v) is 2.33. The molecule has 0 aliphatic rings. The van der Waals surface area contributed by atoms with Crippen LogP contribution in [0, 0.1) is 28.8 Å². The zero-order valence-electron chi connectivity index (χ0n) is 8.55. The van der Waals surface area contributed by atoms with E-state index in [0.29, 0.717) is 11.1 Å². The second-order valence-corrected chi connectivity index (χ2v) is 3.44. The fourth-order valence-corrected chi connectivity index (χ4v) is 1.46. The van der Waals surface area contributed by atoms with Gasteiger partial charge in [-0.25, -0.2) is 13.2 Å². The predicted molar refractivity (Wildman–Crippen MR) is 56.5 cm³/mol. The van der Waals surface area contributed by atoms with Gasteiger partial charge in [-0.2, -0.15) is 5.26 Å². The molecule has 0 spiro atoms. The van der Waals surface area contributed by atoms with Crippen LogP contribution in [0.15, 0.2) is 36.4 Å². The maximum atomic E-state index is 13.0. The van der Waals surface area contributed by atoms with Gasteiger partial charge in [-0.1, -0.05) is 12.1 Å². The average Bonchev–Trinajstić information content (AvgIpc) is 2.35. The monoisotopic (exact) mass is 233 g/mol. The molecule has 1 nitrogen and oxygen atoms in total. The molecule has 0 saturated carbocycles. The largest absolute Gasteiger partial charge is 0.204 e. The van der Waals surface area contributed by atoms with Crippen molar-refractivity contribution in [1.29, 1.82) is 5.26 Å². The first-order chi connectivity index (χ1) is 8.11. The highest BCUT2D eigenvalue weighted by atomic mass is 19.2. The van der Waals surface area contributed by atoms with Gasteiger partial charge >= 0.3 is 0 Å². The molecule has 0 unspecified atom stereocenters. The molecule has 0 fully saturated rings. The van der Waals surface area contributed by atoms with Crippen LogP contribution >= 0.6 is 0 Å². The van der Waals surface area contributed by atoms with Crippen LogP contribution < -0.4 is 0 Å². The number of hydrogen-bond acceptors (Lipinski definition) is 1. The van der Waals surface area contributed by atoms with Gasteiger partial charge in [0.2, 0.25) is 0 Å². The molecule has 84 valence electrons. The lowest BCUT2D eigenvalue weighted by atomic mass is 10.0. The van der Waals surface area contributed by atoms with Crippen molar-refractivity contribution < 1.29 is 13.2 Å². The Balaban J connectivity index is 2.50. The van der Waals surface area contributed by atoms with Gasteiger partial charge in [-0.3, -0.25) is 0 Å². The lowest BCUT2D eigenvalue weighted by molar-refractivity contribution is 0.448. The minimum Gasteiger partial charge on any atom is -0.204 e. The Morgan fingerprint density at radius 2 is 1.35 bits per heavy atom. The van der Waals surface area contributed by atoms with Crippen molar-refractivity contribution in [3.63, 3.8) is 0 Å². The zero-order chi connectivity index (χ0) is 12.4. The minimum atomic E-state index is -1.48. The molecule has 0 atom stereocenters. The Bertz CT molecular complexity index is 574. The van der Waals surface area contributed by atoms with Gasteiger partial charge < -0.3 is 0 Å². The lowest BCUT2D eigenvalue weighted by Gasteiger charge is -2.03. The molecule has 2 rings (SSSR count). The van der Waals surface area contributed by atoms with Crippen LogP contribution in [-0.2, 0) is 0 Å². The summed E-state index contributed by atoms with van der Waals surface area (Å²) in [5.41, 5.74) is 1.18. The molecule has 2 aromatic rings. The molecule has 0 saturated heterocycles. The highest BCUT2D eigenvalue weighted by molar-refractivity contribution is 5.64. The topological polar surface area (TPSA) is 23.8 Å². The molecule has 0 aliphatic heterocycles. The quantitative estimate of drug-likeness (QED) is 0.690. The molecule has 17 heavy (non-hydrogen) atoms. The molecule has 0 aliphatic carbocycles. The summed E-state index contributed by atoms with van der Waals surface area (Å²) in [6.45, 7) is 0. The summed E-state index contributed by atoms with van der Waals surface area (Å²) < 4.78 is 38.8. The molecule has 0 heterocycles.